The summed E-state index contributed by atoms with van der Waals surface area (Å²) in [6.07, 6.45) is 5.07. The fraction of sp³-hybridized carbons (Fsp3) is 0.500. The molecule has 0 aromatic carbocycles. The van der Waals surface area contributed by atoms with Gasteiger partial charge >= 0.3 is 0 Å². The van der Waals surface area contributed by atoms with Crippen LogP contribution in [0.2, 0.25) is 0 Å². The van der Waals surface area contributed by atoms with E-state index in [4.69, 9.17) is 10.5 Å². The summed E-state index contributed by atoms with van der Waals surface area (Å²) in [5.41, 5.74) is 6.59. The first-order chi connectivity index (χ1) is 8.27. The highest BCUT2D eigenvalue weighted by Gasteiger charge is 2.16. The number of nitrogen functional groups attached to an aromatic ring is 1. The Morgan fingerprint density at radius 2 is 2.29 bits per heavy atom. The van der Waals surface area contributed by atoms with Crippen molar-refractivity contribution in [2.45, 2.75) is 12.8 Å². The molecule has 0 saturated carbocycles. The van der Waals surface area contributed by atoms with Gasteiger partial charge in [-0.1, -0.05) is 0 Å². The maximum atomic E-state index is 11.9. The molecule has 1 fully saturated rings. The maximum Gasteiger partial charge on any atom is 0.253 e. The molecule has 0 bridgehead atoms. The third-order valence-electron chi connectivity index (χ3n) is 2.99. The summed E-state index contributed by atoms with van der Waals surface area (Å²) in [6, 6.07) is 1.63. The van der Waals surface area contributed by atoms with Crippen molar-refractivity contribution < 1.29 is 9.53 Å². The zero-order chi connectivity index (χ0) is 12.1. The Labute approximate surface area is 100 Å². The number of hydrogen-bond donors (Lipinski definition) is 2. The third kappa shape index (κ3) is 3.17. The summed E-state index contributed by atoms with van der Waals surface area (Å²) < 4.78 is 5.27. The lowest BCUT2D eigenvalue weighted by Crippen LogP contribution is -2.32. The number of anilines is 1. The molecule has 1 aromatic rings. The molecule has 92 valence electrons. The first-order valence-electron chi connectivity index (χ1n) is 5.83. The van der Waals surface area contributed by atoms with Crippen LogP contribution in [0.25, 0.3) is 0 Å². The van der Waals surface area contributed by atoms with E-state index in [9.17, 15) is 4.79 Å². The Morgan fingerprint density at radius 1 is 1.53 bits per heavy atom. The van der Waals surface area contributed by atoms with Crippen molar-refractivity contribution in [3.8, 4) is 0 Å². The number of rotatable bonds is 3. The highest BCUT2D eigenvalue weighted by Crippen LogP contribution is 2.14. The molecular formula is C12H17N3O2. The van der Waals surface area contributed by atoms with Crippen molar-refractivity contribution in [1.82, 2.24) is 10.3 Å². The standard InChI is InChI=1S/C12H17N3O2/c13-11-8-14-4-1-10(11)12(16)15-7-9-2-5-17-6-3-9/h1,4,8-9H,2-3,5-7,13H2,(H,15,16). The number of carbonyl (C=O) groups is 1. The van der Waals surface area contributed by atoms with E-state index >= 15 is 0 Å². The number of ether oxygens (including phenoxy) is 1. The van der Waals surface area contributed by atoms with Crippen LogP contribution in [0, 0.1) is 5.92 Å². The summed E-state index contributed by atoms with van der Waals surface area (Å²) in [5.74, 6) is 0.382. The minimum absolute atomic E-state index is 0.128. The van der Waals surface area contributed by atoms with Gasteiger partial charge in [-0.2, -0.15) is 0 Å². The Bertz CT molecular complexity index is 389. The number of aromatic nitrogens is 1. The fourth-order valence-corrected chi connectivity index (χ4v) is 1.90. The van der Waals surface area contributed by atoms with Gasteiger partial charge in [-0.05, 0) is 24.8 Å². The van der Waals surface area contributed by atoms with Crippen molar-refractivity contribution in [3.05, 3.63) is 24.0 Å². The van der Waals surface area contributed by atoms with Crippen molar-refractivity contribution in [1.29, 1.82) is 0 Å². The van der Waals surface area contributed by atoms with E-state index in [0.29, 0.717) is 23.7 Å². The second-order valence-electron chi connectivity index (χ2n) is 4.23. The number of hydrogen-bond acceptors (Lipinski definition) is 4. The molecule has 3 N–H and O–H groups in total. The lowest BCUT2D eigenvalue weighted by molar-refractivity contribution is 0.0643. The largest absolute Gasteiger partial charge is 0.397 e. The van der Waals surface area contributed by atoms with E-state index in [1.807, 2.05) is 0 Å². The molecular weight excluding hydrogens is 218 g/mol. The molecule has 0 spiro atoms. The van der Waals surface area contributed by atoms with E-state index in [-0.39, 0.29) is 5.91 Å². The minimum Gasteiger partial charge on any atom is -0.397 e. The van der Waals surface area contributed by atoms with Gasteiger partial charge in [-0.25, -0.2) is 0 Å². The molecule has 1 saturated heterocycles. The van der Waals surface area contributed by atoms with E-state index in [1.54, 1.807) is 12.3 Å². The van der Waals surface area contributed by atoms with E-state index in [2.05, 4.69) is 10.3 Å². The first-order valence-corrected chi connectivity index (χ1v) is 5.83. The first kappa shape index (κ1) is 11.9. The van der Waals surface area contributed by atoms with Gasteiger partial charge in [0.1, 0.15) is 0 Å². The number of carbonyl (C=O) groups excluding carboxylic acids is 1. The fourth-order valence-electron chi connectivity index (χ4n) is 1.90. The predicted octanol–water partition coefficient (Wildman–Crippen LogP) is 0.820. The molecule has 17 heavy (non-hydrogen) atoms. The summed E-state index contributed by atoms with van der Waals surface area (Å²) >= 11 is 0. The topological polar surface area (TPSA) is 77.2 Å². The van der Waals surface area contributed by atoms with Gasteiger partial charge in [0, 0.05) is 26.0 Å². The molecule has 2 rings (SSSR count). The number of amides is 1. The molecule has 5 nitrogen and oxygen atoms in total. The average Bonchev–Trinajstić information content (AvgIpc) is 2.38. The molecule has 0 unspecified atom stereocenters. The lowest BCUT2D eigenvalue weighted by atomic mass is 10.0. The van der Waals surface area contributed by atoms with Crippen LogP contribution in [0.15, 0.2) is 18.5 Å². The summed E-state index contributed by atoms with van der Waals surface area (Å²) in [6.45, 7) is 2.26. The molecule has 1 aliphatic rings. The van der Waals surface area contributed by atoms with Crippen LogP contribution in [-0.4, -0.2) is 30.6 Å². The van der Waals surface area contributed by atoms with Gasteiger partial charge in [0.2, 0.25) is 0 Å². The number of nitrogens with zero attached hydrogens (tertiary/aromatic N) is 1. The summed E-state index contributed by atoms with van der Waals surface area (Å²) in [4.78, 5) is 15.7. The second kappa shape index (κ2) is 5.63. The predicted molar refractivity (Wildman–Crippen MR) is 64.5 cm³/mol. The van der Waals surface area contributed by atoms with Crippen molar-refractivity contribution >= 4 is 11.6 Å². The Morgan fingerprint density at radius 3 is 3.00 bits per heavy atom. The highest BCUT2D eigenvalue weighted by atomic mass is 16.5. The van der Waals surface area contributed by atoms with Crippen LogP contribution in [-0.2, 0) is 4.74 Å². The maximum absolute atomic E-state index is 11.9. The minimum atomic E-state index is -0.128. The van der Waals surface area contributed by atoms with Crippen molar-refractivity contribution in [2.75, 3.05) is 25.5 Å². The van der Waals surface area contributed by atoms with Gasteiger partial charge in [0.25, 0.3) is 5.91 Å². The van der Waals surface area contributed by atoms with Crippen LogP contribution in [0.3, 0.4) is 0 Å². The molecule has 5 heteroatoms. The highest BCUT2D eigenvalue weighted by molar-refractivity contribution is 5.98. The third-order valence-corrected chi connectivity index (χ3v) is 2.99. The molecule has 0 aliphatic carbocycles. The molecule has 1 amide bonds. The van der Waals surface area contributed by atoms with Crippen LogP contribution in [0.5, 0.6) is 0 Å². The van der Waals surface area contributed by atoms with Gasteiger partial charge in [0.15, 0.2) is 0 Å². The SMILES string of the molecule is Nc1cnccc1C(=O)NCC1CCOCC1. The van der Waals surface area contributed by atoms with Crippen molar-refractivity contribution in [3.63, 3.8) is 0 Å². The van der Waals surface area contributed by atoms with Gasteiger partial charge < -0.3 is 15.8 Å². The molecule has 1 aliphatic heterocycles. The smallest absolute Gasteiger partial charge is 0.253 e. The quantitative estimate of drug-likeness (QED) is 0.813. The Kier molecular flexibility index (Phi) is 3.93. The van der Waals surface area contributed by atoms with Gasteiger partial charge in [-0.3, -0.25) is 9.78 Å². The monoisotopic (exact) mass is 235 g/mol. The number of pyridine rings is 1. The average molecular weight is 235 g/mol. The van der Waals surface area contributed by atoms with Gasteiger partial charge in [0.05, 0.1) is 17.4 Å². The molecule has 0 atom stereocenters. The number of nitrogens with one attached hydrogen (secondary N) is 1. The Balaban J connectivity index is 1.87. The second-order valence-corrected chi connectivity index (χ2v) is 4.23. The lowest BCUT2D eigenvalue weighted by Gasteiger charge is -2.22. The van der Waals surface area contributed by atoms with Crippen molar-refractivity contribution in [2.24, 2.45) is 5.92 Å². The van der Waals surface area contributed by atoms with Crippen LogP contribution >= 0.6 is 0 Å². The van der Waals surface area contributed by atoms with Crippen LogP contribution in [0.1, 0.15) is 23.2 Å². The normalized spacial score (nSPS) is 16.7. The molecule has 1 aromatic heterocycles. The summed E-state index contributed by atoms with van der Waals surface area (Å²) in [7, 11) is 0. The van der Waals surface area contributed by atoms with Crippen LogP contribution in [0.4, 0.5) is 5.69 Å². The van der Waals surface area contributed by atoms with E-state index < -0.39 is 0 Å². The number of nitrogens with two attached hydrogens (primary N) is 1. The molecule has 0 radical (unpaired) electrons. The van der Waals surface area contributed by atoms with Crippen LogP contribution < -0.4 is 11.1 Å². The molecule has 2 heterocycles. The summed E-state index contributed by atoms with van der Waals surface area (Å²) in [5, 5.41) is 2.91. The van der Waals surface area contributed by atoms with E-state index in [1.165, 1.54) is 6.20 Å². The zero-order valence-corrected chi connectivity index (χ0v) is 9.69. The Hall–Kier alpha value is -1.62. The zero-order valence-electron chi connectivity index (χ0n) is 9.69. The van der Waals surface area contributed by atoms with Gasteiger partial charge in [-0.15, -0.1) is 0 Å². The van der Waals surface area contributed by atoms with E-state index in [0.717, 1.165) is 26.1 Å².